The van der Waals surface area contributed by atoms with E-state index in [9.17, 15) is 13.2 Å². The van der Waals surface area contributed by atoms with E-state index in [-0.39, 0.29) is 44.0 Å². The Bertz CT molecular complexity index is 2450. The normalized spacial score (nSPS) is 10.2. The zero-order valence-corrected chi connectivity index (χ0v) is 46.6. The number of alkyl halides is 3. The second-order valence-corrected chi connectivity index (χ2v) is 17.5. The number of hydrogen-bond acceptors (Lipinski definition) is 4. The molecule has 0 aliphatic heterocycles. The maximum atomic E-state index is 10.4. The molecule has 0 bridgehead atoms. The Labute approximate surface area is 446 Å². The summed E-state index contributed by atoms with van der Waals surface area (Å²) in [6.45, 7) is 46.2. The number of aryl methyl sites for hydroxylation is 4. The Kier molecular flexibility index (Phi) is 38.7. The monoisotopic (exact) mass is 1060 g/mol. The van der Waals surface area contributed by atoms with Crippen LogP contribution < -0.4 is 0 Å². The molecule has 6 aromatic carbocycles. The van der Waals surface area contributed by atoms with Crippen molar-refractivity contribution in [2.75, 3.05) is 0 Å². The van der Waals surface area contributed by atoms with E-state index in [2.05, 4.69) is 206 Å². The third-order valence-electron chi connectivity index (χ3n) is 9.58. The van der Waals surface area contributed by atoms with Gasteiger partial charge in [-0.3, -0.25) is 9.98 Å². The van der Waals surface area contributed by atoms with Crippen LogP contribution >= 0.6 is 0 Å². The summed E-state index contributed by atoms with van der Waals surface area (Å²) in [5.74, 6) is 0. The van der Waals surface area contributed by atoms with Gasteiger partial charge >= 0.3 is 19.5 Å². The molecule has 6 aromatic rings. The van der Waals surface area contributed by atoms with Crippen molar-refractivity contribution in [2.45, 2.75) is 100 Å². The first-order valence-corrected chi connectivity index (χ1v) is 22.5. The van der Waals surface area contributed by atoms with E-state index in [4.69, 9.17) is 20.0 Å². The first-order chi connectivity index (χ1) is 32.9. The van der Waals surface area contributed by atoms with E-state index in [1.807, 2.05) is 86.7 Å². The second-order valence-electron chi connectivity index (χ2n) is 17.5. The van der Waals surface area contributed by atoms with Crippen molar-refractivity contribution in [3.63, 3.8) is 0 Å². The maximum absolute atomic E-state index is 10.4. The summed E-state index contributed by atoms with van der Waals surface area (Å²) in [5, 5.41) is 6.50. The Morgan fingerprint density at radius 2 is 0.889 bits per heavy atom. The molecule has 6 rings (SSSR count). The molecule has 0 saturated heterocycles. The van der Waals surface area contributed by atoms with Gasteiger partial charge < -0.3 is 12.2 Å². The molecule has 0 spiro atoms. The molecular formula is C64H78F3N3ORh. The van der Waals surface area contributed by atoms with Crippen LogP contribution in [0.2, 0.25) is 0 Å². The topological polar surface area (TPSA) is 65.6 Å². The van der Waals surface area contributed by atoms with Gasteiger partial charge in [0.15, 0.2) is 0 Å². The molecule has 0 fully saturated rings. The van der Waals surface area contributed by atoms with Crippen LogP contribution in [0.15, 0.2) is 195 Å². The number of benzene rings is 6. The van der Waals surface area contributed by atoms with Crippen molar-refractivity contribution >= 4 is 47.3 Å². The fourth-order valence-corrected chi connectivity index (χ4v) is 5.78. The maximum Gasteiger partial charge on any atom is 2.00 e. The third-order valence-corrected chi connectivity index (χ3v) is 9.58. The van der Waals surface area contributed by atoms with Crippen molar-refractivity contribution in [3.05, 3.63) is 242 Å². The van der Waals surface area contributed by atoms with Crippen LogP contribution in [-0.4, -0.2) is 23.9 Å². The van der Waals surface area contributed by atoms with Crippen LogP contribution in [0, 0.1) is 47.0 Å². The molecule has 0 heterocycles. The average Bonchev–Trinajstić information content (AvgIpc) is 3.34. The number of nitriles is 1. The van der Waals surface area contributed by atoms with Gasteiger partial charge in [-0.15, -0.1) is 13.2 Å². The molecule has 4 nitrogen and oxygen atoms in total. The second kappa shape index (κ2) is 38.9. The molecule has 8 heteroatoms. The van der Waals surface area contributed by atoms with Gasteiger partial charge in [-0.25, -0.2) is 18.4 Å². The number of nitrogens with zero attached hydrogens (tertiary/aromatic N) is 3. The third kappa shape index (κ3) is 32.2. The number of aliphatic imine (C=N–C) groups is 2. The summed E-state index contributed by atoms with van der Waals surface area (Å²) >= 11 is 0. The molecule has 0 aromatic heterocycles. The van der Waals surface area contributed by atoms with Gasteiger partial charge in [0.1, 0.15) is 0 Å². The summed E-state index contributed by atoms with van der Waals surface area (Å²) in [6.07, 6.45) is 0.661. The first-order valence-electron chi connectivity index (χ1n) is 22.5. The van der Waals surface area contributed by atoms with E-state index in [1.54, 1.807) is 0 Å². The Morgan fingerprint density at radius 1 is 0.528 bits per heavy atom. The standard InChI is InChI=1S/C24H32N2.3C9H10.C7H8.C2F3O.C2H4.CHN.CH3.Rh/c1-17(25-21-15-11-9-13-19(21)23(3,4)5)18(2)26-22-16-12-10-14-20(22)24(6,7)8;1-3-9-6-4-8(2)5-7-9;1-3-9-6-4-5-8(2)7-9;1-3-9-7-5-4-6-8(9)2;1-7-5-3-2-4-6-7;3-2(4,5)1-6;2*1-2;;/h9-16H,1-8H3;3*3-7H,1H2,2H3;2-6H,1H3;;1-2H2;1H;1H3;/q;;;;;-1;;;-1;+2. The van der Waals surface area contributed by atoms with Crippen molar-refractivity contribution in [1.82, 2.24) is 0 Å². The van der Waals surface area contributed by atoms with Crippen LogP contribution in [0.5, 0.6) is 0 Å². The molecular weight excluding hydrogens is 987 g/mol. The summed E-state index contributed by atoms with van der Waals surface area (Å²) in [7, 11) is 0. The van der Waals surface area contributed by atoms with Gasteiger partial charge in [-0.1, -0.05) is 236 Å². The predicted octanol–water partition coefficient (Wildman–Crippen LogP) is 19.1. The number of hydrogen-bond donors (Lipinski definition) is 0. The molecule has 0 aliphatic rings. The zero-order valence-electron chi connectivity index (χ0n) is 45.0. The molecule has 385 valence electrons. The number of carbonyl (C=O) groups excluding carboxylic acids is 1. The minimum absolute atomic E-state index is 0. The fraction of sp³-hybridized carbons (Fsp3) is 0.234. The van der Waals surface area contributed by atoms with Crippen molar-refractivity contribution in [2.24, 2.45) is 9.98 Å². The molecule has 0 amide bonds. The SMILES string of the molecule is C#N.C=C.C=Cc1ccc(C)cc1.C=Cc1cccc(C)c1.C=Cc1ccccc1C.CC(=Nc1ccccc1C(C)(C)C)C(C)=Nc1ccccc1C(C)(C)C.Cc1ccccc1.O=[C-]C(F)(F)F.[CH3-].[Rh+2]. The Hall–Kier alpha value is -6.81. The van der Waals surface area contributed by atoms with Crippen molar-refractivity contribution in [1.29, 1.82) is 5.26 Å². The number of para-hydroxylation sites is 2. The van der Waals surface area contributed by atoms with Crippen LogP contribution in [0.4, 0.5) is 24.5 Å². The van der Waals surface area contributed by atoms with Crippen LogP contribution in [-0.2, 0) is 35.1 Å². The molecule has 0 N–H and O–H groups in total. The number of rotatable bonds is 6. The summed E-state index contributed by atoms with van der Waals surface area (Å²) < 4.78 is 31.1. The van der Waals surface area contributed by atoms with Crippen LogP contribution in [0.3, 0.4) is 0 Å². The van der Waals surface area contributed by atoms with E-state index >= 15 is 0 Å². The van der Waals surface area contributed by atoms with Gasteiger partial charge in [0, 0.05) is 6.57 Å². The molecule has 0 atom stereocenters. The van der Waals surface area contributed by atoms with Crippen molar-refractivity contribution in [3.8, 4) is 6.57 Å². The van der Waals surface area contributed by atoms with Crippen LogP contribution in [0.1, 0.15) is 105 Å². The number of halogens is 3. The summed E-state index contributed by atoms with van der Waals surface area (Å²) in [4.78, 5) is 18.4. The van der Waals surface area contributed by atoms with Gasteiger partial charge in [0.2, 0.25) is 0 Å². The fourth-order valence-electron chi connectivity index (χ4n) is 5.78. The molecule has 0 saturated carbocycles. The van der Waals surface area contributed by atoms with Gasteiger partial charge in [0.25, 0.3) is 6.18 Å². The molecule has 72 heavy (non-hydrogen) atoms. The van der Waals surface area contributed by atoms with Crippen molar-refractivity contribution < 1.29 is 37.4 Å². The summed E-state index contributed by atoms with van der Waals surface area (Å²) in [6, 6.07) is 51.7. The van der Waals surface area contributed by atoms with E-state index < -0.39 is 6.18 Å². The minimum atomic E-state index is -4.76. The largest absolute Gasteiger partial charge is 2.00 e. The van der Waals surface area contributed by atoms with Gasteiger partial charge in [-0.05, 0) is 97.9 Å². The Morgan fingerprint density at radius 3 is 1.19 bits per heavy atom. The molecule has 0 aliphatic carbocycles. The van der Waals surface area contributed by atoms with Gasteiger partial charge in [-0.2, -0.15) is 6.29 Å². The minimum Gasteiger partial charge on any atom is -0.533 e. The van der Waals surface area contributed by atoms with Gasteiger partial charge in [0.05, 0.1) is 22.8 Å². The summed E-state index contributed by atoms with van der Waals surface area (Å²) in [5.41, 5.74) is 15.3. The zero-order chi connectivity index (χ0) is 53.9. The van der Waals surface area contributed by atoms with E-state index in [0.29, 0.717) is 0 Å². The smallest absolute Gasteiger partial charge is 0.533 e. The van der Waals surface area contributed by atoms with Crippen LogP contribution in [0.25, 0.3) is 18.2 Å². The first kappa shape index (κ1) is 71.7. The Balaban J connectivity index is -0.000000417. The quantitative estimate of drug-likeness (QED) is 0.0722. The average molecular weight is 1070 g/mol. The molecule has 0 unspecified atom stereocenters. The van der Waals surface area contributed by atoms with E-state index in [0.717, 1.165) is 22.8 Å². The molecule has 1 radical (unpaired) electrons. The predicted molar refractivity (Wildman–Crippen MR) is 307 cm³/mol. The van der Waals surface area contributed by atoms with E-state index in [1.165, 1.54) is 50.1 Å².